The zero-order valence-corrected chi connectivity index (χ0v) is 5.71. The van der Waals surface area contributed by atoms with E-state index in [1.54, 1.807) is 0 Å². The molecule has 0 aromatic rings. The van der Waals surface area contributed by atoms with Crippen LogP contribution in [0.15, 0.2) is 12.2 Å². The monoisotopic (exact) mass is 133 g/mol. The summed E-state index contributed by atoms with van der Waals surface area (Å²) < 4.78 is 0. The second-order valence-electron chi connectivity index (χ2n) is 1.82. The lowest BCUT2D eigenvalue weighted by Crippen LogP contribution is -2.12. The molecule has 0 radical (unpaired) electrons. The van der Waals surface area contributed by atoms with Gasteiger partial charge in [-0.1, -0.05) is 12.2 Å². The van der Waals surface area contributed by atoms with Gasteiger partial charge in [0.2, 0.25) is 0 Å². The third-order valence-corrected chi connectivity index (χ3v) is 1.15. The first kappa shape index (κ1) is 7.99. The molecule has 1 aliphatic heterocycles. The van der Waals surface area contributed by atoms with Gasteiger partial charge in [0.05, 0.1) is 0 Å². The van der Waals surface area contributed by atoms with E-state index < -0.39 is 0 Å². The number of rotatable bonds is 0. The SMILES string of the molecule is C1=CCNCCC1.Cl. The van der Waals surface area contributed by atoms with Crippen LogP contribution in [0.3, 0.4) is 0 Å². The number of allylic oxidation sites excluding steroid dienone is 1. The van der Waals surface area contributed by atoms with Crippen molar-refractivity contribution in [2.75, 3.05) is 13.1 Å². The van der Waals surface area contributed by atoms with Gasteiger partial charge in [0.25, 0.3) is 0 Å². The highest BCUT2D eigenvalue weighted by atomic mass is 35.5. The van der Waals surface area contributed by atoms with E-state index in [9.17, 15) is 0 Å². The number of hydrogen-bond donors (Lipinski definition) is 1. The molecule has 0 aromatic carbocycles. The Labute approximate surface area is 56.6 Å². The standard InChI is InChI=1S/C6H11N.ClH/c1-2-4-6-7-5-3-1;/h1,3,7H,2,4-6H2;1H. The molecule has 1 N–H and O–H groups in total. The molecule has 48 valence electrons. The third-order valence-electron chi connectivity index (χ3n) is 1.15. The van der Waals surface area contributed by atoms with Crippen LogP contribution in [0.2, 0.25) is 0 Å². The molecule has 0 aliphatic carbocycles. The number of hydrogen-bond acceptors (Lipinski definition) is 1. The molecule has 0 saturated carbocycles. The van der Waals surface area contributed by atoms with Gasteiger partial charge in [0.15, 0.2) is 0 Å². The van der Waals surface area contributed by atoms with Crippen LogP contribution in [0.4, 0.5) is 0 Å². The van der Waals surface area contributed by atoms with Gasteiger partial charge in [-0.05, 0) is 19.4 Å². The lowest BCUT2D eigenvalue weighted by Gasteiger charge is -1.91. The molecule has 0 bridgehead atoms. The Balaban J connectivity index is 0.000000490. The van der Waals surface area contributed by atoms with Crippen LogP contribution < -0.4 is 5.32 Å². The largest absolute Gasteiger partial charge is 0.313 e. The number of halogens is 1. The third kappa shape index (κ3) is 3.05. The van der Waals surface area contributed by atoms with E-state index in [-0.39, 0.29) is 12.4 Å². The first-order valence-corrected chi connectivity index (χ1v) is 2.86. The average molecular weight is 134 g/mol. The second kappa shape index (κ2) is 5.13. The van der Waals surface area contributed by atoms with E-state index in [4.69, 9.17) is 0 Å². The van der Waals surface area contributed by atoms with Crippen molar-refractivity contribution in [3.8, 4) is 0 Å². The van der Waals surface area contributed by atoms with E-state index in [1.807, 2.05) is 0 Å². The first-order valence-electron chi connectivity index (χ1n) is 2.86. The molecule has 0 atom stereocenters. The lowest BCUT2D eigenvalue weighted by molar-refractivity contribution is 0.721. The fraction of sp³-hybridized carbons (Fsp3) is 0.667. The van der Waals surface area contributed by atoms with Crippen molar-refractivity contribution < 1.29 is 0 Å². The molecule has 0 saturated heterocycles. The van der Waals surface area contributed by atoms with Gasteiger partial charge >= 0.3 is 0 Å². The summed E-state index contributed by atoms with van der Waals surface area (Å²) >= 11 is 0. The highest BCUT2D eigenvalue weighted by Crippen LogP contribution is 1.91. The maximum atomic E-state index is 3.26. The van der Waals surface area contributed by atoms with E-state index in [0.29, 0.717) is 0 Å². The minimum absolute atomic E-state index is 0. The molecule has 1 aliphatic rings. The van der Waals surface area contributed by atoms with E-state index >= 15 is 0 Å². The van der Waals surface area contributed by atoms with Gasteiger partial charge in [0, 0.05) is 6.54 Å². The molecule has 0 amide bonds. The quantitative estimate of drug-likeness (QED) is 0.492. The van der Waals surface area contributed by atoms with Crippen molar-refractivity contribution in [3.05, 3.63) is 12.2 Å². The van der Waals surface area contributed by atoms with Crippen molar-refractivity contribution in [1.82, 2.24) is 5.32 Å². The Kier molecular flexibility index (Phi) is 5.13. The zero-order valence-electron chi connectivity index (χ0n) is 4.89. The number of nitrogens with one attached hydrogen (secondary N) is 1. The highest BCUT2D eigenvalue weighted by molar-refractivity contribution is 5.85. The Morgan fingerprint density at radius 3 is 3.00 bits per heavy atom. The minimum atomic E-state index is 0. The molecular formula is C6H12ClN. The molecule has 0 fully saturated rings. The smallest absolute Gasteiger partial charge is 0.0134 e. The van der Waals surface area contributed by atoms with Gasteiger partial charge in [-0.25, -0.2) is 0 Å². The van der Waals surface area contributed by atoms with Gasteiger partial charge in [-0.15, -0.1) is 12.4 Å². The molecular weight excluding hydrogens is 122 g/mol. The topological polar surface area (TPSA) is 12.0 Å². The summed E-state index contributed by atoms with van der Waals surface area (Å²) in [5, 5.41) is 3.26. The predicted molar refractivity (Wildman–Crippen MR) is 38.5 cm³/mol. The first-order chi connectivity index (χ1) is 3.50. The summed E-state index contributed by atoms with van der Waals surface area (Å²) in [6.45, 7) is 2.26. The van der Waals surface area contributed by atoms with Crippen LogP contribution in [-0.2, 0) is 0 Å². The molecule has 8 heavy (non-hydrogen) atoms. The van der Waals surface area contributed by atoms with Crippen LogP contribution in [0.1, 0.15) is 12.8 Å². The average Bonchev–Trinajstić information content (AvgIpc) is 1.90. The normalized spacial score (nSPS) is 19.0. The Morgan fingerprint density at radius 2 is 2.12 bits per heavy atom. The summed E-state index contributed by atoms with van der Waals surface area (Å²) in [6.07, 6.45) is 6.98. The van der Waals surface area contributed by atoms with Crippen LogP contribution in [0.25, 0.3) is 0 Å². The van der Waals surface area contributed by atoms with Gasteiger partial charge in [-0.3, -0.25) is 0 Å². The molecule has 1 nitrogen and oxygen atoms in total. The van der Waals surface area contributed by atoms with E-state index in [1.165, 1.54) is 19.4 Å². The van der Waals surface area contributed by atoms with Crippen LogP contribution >= 0.6 is 12.4 Å². The molecule has 1 rings (SSSR count). The van der Waals surface area contributed by atoms with Gasteiger partial charge in [-0.2, -0.15) is 0 Å². The predicted octanol–water partition coefficient (Wildman–Crippen LogP) is 1.35. The summed E-state index contributed by atoms with van der Waals surface area (Å²) in [6, 6.07) is 0. The molecule has 2 heteroatoms. The molecule has 0 spiro atoms. The lowest BCUT2D eigenvalue weighted by atomic mass is 10.3. The fourth-order valence-corrected chi connectivity index (χ4v) is 0.731. The highest BCUT2D eigenvalue weighted by Gasteiger charge is 1.86. The van der Waals surface area contributed by atoms with Gasteiger partial charge in [0.1, 0.15) is 0 Å². The minimum Gasteiger partial charge on any atom is -0.313 e. The molecule has 0 unspecified atom stereocenters. The Morgan fingerprint density at radius 1 is 1.25 bits per heavy atom. The Hall–Kier alpha value is -0.0100. The van der Waals surface area contributed by atoms with E-state index in [2.05, 4.69) is 17.5 Å². The van der Waals surface area contributed by atoms with Crippen molar-refractivity contribution in [2.45, 2.75) is 12.8 Å². The van der Waals surface area contributed by atoms with Crippen LogP contribution in [0.5, 0.6) is 0 Å². The molecule has 1 heterocycles. The second-order valence-corrected chi connectivity index (χ2v) is 1.82. The maximum Gasteiger partial charge on any atom is 0.0134 e. The van der Waals surface area contributed by atoms with Crippen LogP contribution in [-0.4, -0.2) is 13.1 Å². The maximum absolute atomic E-state index is 3.26. The Bertz CT molecular complexity index is 62.9. The summed E-state index contributed by atoms with van der Waals surface area (Å²) in [7, 11) is 0. The summed E-state index contributed by atoms with van der Waals surface area (Å²) in [4.78, 5) is 0. The van der Waals surface area contributed by atoms with Crippen molar-refractivity contribution in [2.24, 2.45) is 0 Å². The van der Waals surface area contributed by atoms with Crippen molar-refractivity contribution in [1.29, 1.82) is 0 Å². The van der Waals surface area contributed by atoms with E-state index in [0.717, 1.165) is 6.54 Å². The summed E-state index contributed by atoms with van der Waals surface area (Å²) in [5.41, 5.74) is 0. The van der Waals surface area contributed by atoms with Crippen molar-refractivity contribution >= 4 is 12.4 Å². The molecule has 0 aromatic heterocycles. The fourth-order valence-electron chi connectivity index (χ4n) is 0.731. The van der Waals surface area contributed by atoms with Gasteiger partial charge < -0.3 is 5.32 Å². The van der Waals surface area contributed by atoms with Crippen LogP contribution in [0, 0.1) is 0 Å². The summed E-state index contributed by atoms with van der Waals surface area (Å²) in [5.74, 6) is 0. The zero-order chi connectivity index (χ0) is 4.95. The van der Waals surface area contributed by atoms with Crippen molar-refractivity contribution in [3.63, 3.8) is 0 Å².